The molecule has 3 rings (SSSR count). The molecule has 6 heteroatoms. The number of pyridine rings is 1. The molecule has 3 nitrogen and oxygen atoms in total. The monoisotopic (exact) mass is 333 g/mol. The summed E-state index contributed by atoms with van der Waals surface area (Å²) in [4.78, 5) is 12.7. The standard InChI is InChI=1S/C16H13ClFN3S/c1-9-7-11(22-2)4-5-12(9)14-15(17)21-16(20-14)13-6-3-10(18)8-19-13/h3-8H,1-2H3,(H,20,21). The Morgan fingerprint density at radius 2 is 2.05 bits per heavy atom. The van der Waals surface area contributed by atoms with Crippen LogP contribution in [0.15, 0.2) is 41.4 Å². The van der Waals surface area contributed by atoms with E-state index in [9.17, 15) is 4.39 Å². The molecular formula is C16H13ClFN3S. The molecule has 22 heavy (non-hydrogen) atoms. The first-order valence-corrected chi connectivity index (χ1v) is 8.21. The van der Waals surface area contributed by atoms with Crippen molar-refractivity contribution in [2.45, 2.75) is 11.8 Å². The SMILES string of the molecule is CSc1ccc(-c2nc(-c3ccc(F)cn3)[nH]c2Cl)c(C)c1. The third-order valence-electron chi connectivity index (χ3n) is 3.32. The lowest BCUT2D eigenvalue weighted by Crippen LogP contribution is -1.87. The Morgan fingerprint density at radius 1 is 1.23 bits per heavy atom. The van der Waals surface area contributed by atoms with Gasteiger partial charge in [-0.3, -0.25) is 0 Å². The van der Waals surface area contributed by atoms with Gasteiger partial charge in [-0.25, -0.2) is 14.4 Å². The molecule has 0 saturated heterocycles. The molecule has 2 aromatic heterocycles. The Kier molecular flexibility index (Phi) is 4.18. The van der Waals surface area contributed by atoms with Gasteiger partial charge < -0.3 is 4.98 Å². The molecule has 0 aliphatic rings. The number of aryl methyl sites for hydroxylation is 1. The molecule has 0 atom stereocenters. The molecule has 0 unspecified atom stereocenters. The molecule has 0 spiro atoms. The molecule has 1 N–H and O–H groups in total. The lowest BCUT2D eigenvalue weighted by molar-refractivity contribution is 0.621. The minimum atomic E-state index is -0.384. The Morgan fingerprint density at radius 3 is 2.68 bits per heavy atom. The summed E-state index contributed by atoms with van der Waals surface area (Å²) in [5.74, 6) is 0.137. The number of hydrogen-bond acceptors (Lipinski definition) is 3. The third kappa shape index (κ3) is 2.87. The first-order valence-electron chi connectivity index (χ1n) is 6.61. The minimum Gasteiger partial charge on any atom is -0.327 e. The Bertz CT molecular complexity index is 815. The number of nitrogens with zero attached hydrogens (tertiary/aromatic N) is 2. The summed E-state index contributed by atoms with van der Waals surface area (Å²) in [7, 11) is 0. The molecule has 0 saturated carbocycles. The topological polar surface area (TPSA) is 41.6 Å². The highest BCUT2D eigenvalue weighted by molar-refractivity contribution is 7.98. The van der Waals surface area contributed by atoms with Gasteiger partial charge in [0.2, 0.25) is 0 Å². The molecule has 0 bridgehead atoms. The van der Waals surface area contributed by atoms with Crippen LogP contribution in [0.25, 0.3) is 22.8 Å². The zero-order chi connectivity index (χ0) is 15.7. The first-order chi connectivity index (χ1) is 10.6. The maximum Gasteiger partial charge on any atom is 0.157 e. The van der Waals surface area contributed by atoms with Gasteiger partial charge in [-0.15, -0.1) is 11.8 Å². The van der Waals surface area contributed by atoms with Crippen molar-refractivity contribution in [3.63, 3.8) is 0 Å². The van der Waals surface area contributed by atoms with E-state index in [-0.39, 0.29) is 5.82 Å². The predicted molar refractivity (Wildman–Crippen MR) is 88.7 cm³/mol. The van der Waals surface area contributed by atoms with E-state index < -0.39 is 0 Å². The highest BCUT2D eigenvalue weighted by Crippen LogP contribution is 2.32. The van der Waals surface area contributed by atoms with Crippen LogP contribution in [0.1, 0.15) is 5.56 Å². The van der Waals surface area contributed by atoms with Gasteiger partial charge in [0.1, 0.15) is 22.4 Å². The third-order valence-corrected chi connectivity index (χ3v) is 4.32. The largest absolute Gasteiger partial charge is 0.327 e. The van der Waals surface area contributed by atoms with Crippen molar-refractivity contribution in [2.24, 2.45) is 0 Å². The summed E-state index contributed by atoms with van der Waals surface area (Å²) < 4.78 is 13.0. The number of rotatable bonds is 3. The second-order valence-corrected chi connectivity index (χ2v) is 6.05. The van der Waals surface area contributed by atoms with E-state index in [1.165, 1.54) is 11.0 Å². The highest BCUT2D eigenvalue weighted by atomic mass is 35.5. The quantitative estimate of drug-likeness (QED) is 0.689. The number of thioether (sulfide) groups is 1. The number of hydrogen-bond donors (Lipinski definition) is 1. The summed E-state index contributed by atoms with van der Waals surface area (Å²) in [6.45, 7) is 2.02. The lowest BCUT2D eigenvalue weighted by atomic mass is 10.1. The average molecular weight is 334 g/mol. The van der Waals surface area contributed by atoms with Crippen LogP contribution in [0, 0.1) is 12.7 Å². The van der Waals surface area contributed by atoms with Crippen LogP contribution in [-0.4, -0.2) is 21.2 Å². The van der Waals surface area contributed by atoms with Crippen molar-refractivity contribution in [2.75, 3.05) is 6.26 Å². The van der Waals surface area contributed by atoms with E-state index in [1.807, 2.05) is 25.3 Å². The van der Waals surface area contributed by atoms with Gasteiger partial charge in [-0.1, -0.05) is 17.7 Å². The highest BCUT2D eigenvalue weighted by Gasteiger charge is 2.14. The van der Waals surface area contributed by atoms with Gasteiger partial charge in [-0.2, -0.15) is 0 Å². The van der Waals surface area contributed by atoms with E-state index in [0.29, 0.717) is 22.4 Å². The minimum absolute atomic E-state index is 0.384. The van der Waals surface area contributed by atoms with Crippen LogP contribution in [0.4, 0.5) is 4.39 Å². The molecule has 0 amide bonds. The van der Waals surface area contributed by atoms with Crippen LogP contribution in [-0.2, 0) is 0 Å². The van der Waals surface area contributed by atoms with E-state index in [0.717, 1.165) is 17.3 Å². The average Bonchev–Trinajstić information content (AvgIpc) is 2.89. The maximum atomic E-state index is 13.0. The fourth-order valence-electron chi connectivity index (χ4n) is 2.20. The second kappa shape index (κ2) is 6.10. The molecule has 1 aromatic carbocycles. The fourth-order valence-corrected chi connectivity index (χ4v) is 2.93. The molecule has 112 valence electrons. The summed E-state index contributed by atoms with van der Waals surface area (Å²) in [5, 5.41) is 0.445. The van der Waals surface area contributed by atoms with Crippen molar-refractivity contribution in [1.82, 2.24) is 15.0 Å². The lowest BCUT2D eigenvalue weighted by Gasteiger charge is -2.05. The maximum absolute atomic E-state index is 13.0. The van der Waals surface area contributed by atoms with Crippen molar-refractivity contribution in [3.05, 3.63) is 53.1 Å². The Balaban J connectivity index is 2.04. The molecule has 0 aliphatic heterocycles. The molecule has 0 aliphatic carbocycles. The number of aromatic amines is 1. The van der Waals surface area contributed by atoms with E-state index in [1.54, 1.807) is 17.8 Å². The molecule has 3 aromatic rings. The summed E-state index contributed by atoms with van der Waals surface area (Å²) in [5.41, 5.74) is 3.28. The van der Waals surface area contributed by atoms with Gasteiger partial charge in [0.15, 0.2) is 5.82 Å². The zero-order valence-electron chi connectivity index (χ0n) is 12.0. The van der Waals surface area contributed by atoms with Gasteiger partial charge in [-0.05, 0) is 43.0 Å². The summed E-state index contributed by atoms with van der Waals surface area (Å²) in [6, 6.07) is 9.05. The van der Waals surface area contributed by atoms with Gasteiger partial charge in [0.05, 0.1) is 6.20 Å². The van der Waals surface area contributed by atoms with Crippen molar-refractivity contribution in [1.29, 1.82) is 0 Å². The Hall–Kier alpha value is -1.85. The van der Waals surface area contributed by atoms with Crippen LogP contribution >= 0.6 is 23.4 Å². The summed E-state index contributed by atoms with van der Waals surface area (Å²) in [6.07, 6.45) is 3.19. The van der Waals surface area contributed by atoms with Gasteiger partial charge in [0, 0.05) is 10.5 Å². The molecular weight excluding hydrogens is 321 g/mol. The molecule has 2 heterocycles. The van der Waals surface area contributed by atoms with Crippen molar-refractivity contribution in [3.8, 4) is 22.8 Å². The van der Waals surface area contributed by atoms with Crippen molar-refractivity contribution >= 4 is 23.4 Å². The number of aromatic nitrogens is 3. The fraction of sp³-hybridized carbons (Fsp3) is 0.125. The summed E-state index contributed by atoms with van der Waals surface area (Å²) >= 11 is 7.97. The van der Waals surface area contributed by atoms with Crippen LogP contribution in [0.2, 0.25) is 5.15 Å². The van der Waals surface area contributed by atoms with Crippen molar-refractivity contribution < 1.29 is 4.39 Å². The van der Waals surface area contributed by atoms with Crippen LogP contribution in [0.5, 0.6) is 0 Å². The number of H-pyrrole nitrogens is 1. The first kappa shape index (κ1) is 15.1. The van der Waals surface area contributed by atoms with Gasteiger partial charge >= 0.3 is 0 Å². The number of nitrogens with one attached hydrogen (secondary N) is 1. The molecule has 0 radical (unpaired) electrons. The predicted octanol–water partition coefficient (Wildman–Crippen LogP) is 4.96. The van der Waals surface area contributed by atoms with E-state index in [2.05, 4.69) is 21.0 Å². The van der Waals surface area contributed by atoms with Crippen LogP contribution < -0.4 is 0 Å². The Labute approximate surface area is 137 Å². The van der Waals surface area contributed by atoms with Crippen LogP contribution in [0.3, 0.4) is 0 Å². The number of benzene rings is 1. The molecule has 0 fully saturated rings. The number of halogens is 2. The zero-order valence-corrected chi connectivity index (χ0v) is 13.6. The van der Waals surface area contributed by atoms with E-state index >= 15 is 0 Å². The van der Waals surface area contributed by atoms with E-state index in [4.69, 9.17) is 11.6 Å². The number of imidazole rings is 1. The second-order valence-electron chi connectivity index (χ2n) is 4.79. The normalized spacial score (nSPS) is 10.9. The smallest absolute Gasteiger partial charge is 0.157 e. The van der Waals surface area contributed by atoms with Gasteiger partial charge in [0.25, 0.3) is 0 Å².